The summed E-state index contributed by atoms with van der Waals surface area (Å²) < 4.78 is 0. The Bertz CT molecular complexity index is 328. The number of nitrogens with zero attached hydrogens (tertiary/aromatic N) is 1. The molecule has 2 rings (SSSR count). The van der Waals surface area contributed by atoms with E-state index in [1.165, 1.54) is 18.7 Å². The third-order valence-electron chi connectivity index (χ3n) is 4.03. The molecule has 0 bridgehead atoms. The molecule has 1 aliphatic rings. The van der Waals surface area contributed by atoms with Gasteiger partial charge in [-0.05, 0) is 23.2 Å². The molecule has 0 N–H and O–H groups in total. The number of likely N-dealkylation sites (tertiary alicyclic amines) is 1. The molecule has 0 spiro atoms. The maximum absolute atomic E-state index is 4.52. The van der Waals surface area contributed by atoms with Gasteiger partial charge in [-0.3, -0.25) is 0 Å². The second-order valence-electron chi connectivity index (χ2n) is 5.46. The van der Waals surface area contributed by atoms with Crippen LogP contribution in [0.25, 0.3) is 0 Å². The predicted molar refractivity (Wildman–Crippen MR) is 77.8 cm³/mol. The average molecular weight is 249 g/mol. The lowest BCUT2D eigenvalue weighted by molar-refractivity contribution is 0.308. The molecular formula is C15H23NS. The zero-order valence-corrected chi connectivity index (χ0v) is 11.7. The minimum absolute atomic E-state index is 0.567. The van der Waals surface area contributed by atoms with E-state index >= 15 is 0 Å². The summed E-state index contributed by atoms with van der Waals surface area (Å²) in [7, 11) is 0. The number of hydrogen-bond donors (Lipinski definition) is 1. The topological polar surface area (TPSA) is 3.24 Å². The van der Waals surface area contributed by atoms with Crippen molar-refractivity contribution in [3.05, 3.63) is 35.9 Å². The van der Waals surface area contributed by atoms with Crippen LogP contribution in [0.3, 0.4) is 0 Å². The molecule has 1 saturated heterocycles. The summed E-state index contributed by atoms with van der Waals surface area (Å²) in [6.07, 6.45) is 0. The molecular weight excluding hydrogens is 226 g/mol. The smallest absolute Gasteiger partial charge is 0.00584 e. The van der Waals surface area contributed by atoms with Gasteiger partial charge in [-0.2, -0.15) is 12.6 Å². The van der Waals surface area contributed by atoms with Crippen LogP contribution < -0.4 is 0 Å². The van der Waals surface area contributed by atoms with Gasteiger partial charge in [-0.1, -0.05) is 44.2 Å². The van der Waals surface area contributed by atoms with Gasteiger partial charge in [-0.15, -0.1) is 0 Å². The third kappa shape index (κ3) is 3.26. The van der Waals surface area contributed by atoms with E-state index in [2.05, 4.69) is 61.7 Å². The molecule has 0 aliphatic carbocycles. The van der Waals surface area contributed by atoms with Crippen LogP contribution >= 0.6 is 12.6 Å². The highest BCUT2D eigenvalue weighted by Gasteiger charge is 2.27. The zero-order chi connectivity index (χ0) is 12.3. The van der Waals surface area contributed by atoms with E-state index in [0.717, 1.165) is 24.1 Å². The second-order valence-corrected chi connectivity index (χ2v) is 5.83. The lowest BCUT2D eigenvalue weighted by Crippen LogP contribution is -2.27. The molecule has 1 nitrogen and oxygen atoms in total. The van der Waals surface area contributed by atoms with E-state index in [0.29, 0.717) is 5.92 Å². The SMILES string of the molecule is CC1CN(CC(CS)c2ccccc2)CC1C. The first-order valence-corrected chi connectivity index (χ1v) is 7.22. The fraction of sp³-hybridized carbons (Fsp3) is 0.600. The van der Waals surface area contributed by atoms with Gasteiger partial charge in [0, 0.05) is 25.6 Å². The molecule has 0 amide bonds. The monoisotopic (exact) mass is 249 g/mol. The molecule has 0 radical (unpaired) electrons. The summed E-state index contributed by atoms with van der Waals surface area (Å²) in [5, 5.41) is 0. The van der Waals surface area contributed by atoms with Gasteiger partial charge in [-0.25, -0.2) is 0 Å². The van der Waals surface area contributed by atoms with Gasteiger partial charge < -0.3 is 4.90 Å². The van der Waals surface area contributed by atoms with Gasteiger partial charge in [0.2, 0.25) is 0 Å². The van der Waals surface area contributed by atoms with E-state index in [9.17, 15) is 0 Å². The molecule has 1 aromatic carbocycles. The molecule has 17 heavy (non-hydrogen) atoms. The van der Waals surface area contributed by atoms with Gasteiger partial charge >= 0.3 is 0 Å². The van der Waals surface area contributed by atoms with E-state index in [-0.39, 0.29) is 0 Å². The van der Waals surface area contributed by atoms with Crippen LogP contribution in [-0.4, -0.2) is 30.3 Å². The highest BCUT2D eigenvalue weighted by atomic mass is 32.1. The van der Waals surface area contributed by atoms with Crippen molar-refractivity contribution in [1.29, 1.82) is 0 Å². The van der Waals surface area contributed by atoms with E-state index in [4.69, 9.17) is 0 Å². The van der Waals surface area contributed by atoms with Crippen molar-refractivity contribution in [2.75, 3.05) is 25.4 Å². The Kier molecular flexibility index (Phi) is 4.52. The third-order valence-corrected chi connectivity index (χ3v) is 4.47. The number of thiol groups is 1. The molecule has 2 heteroatoms. The first-order chi connectivity index (χ1) is 8.20. The summed E-state index contributed by atoms with van der Waals surface area (Å²) in [4.78, 5) is 2.60. The van der Waals surface area contributed by atoms with Crippen LogP contribution in [-0.2, 0) is 0 Å². The summed E-state index contributed by atoms with van der Waals surface area (Å²) in [5.41, 5.74) is 1.43. The van der Waals surface area contributed by atoms with Crippen molar-refractivity contribution >= 4 is 12.6 Å². The molecule has 1 aromatic rings. The molecule has 1 heterocycles. The second kappa shape index (κ2) is 5.92. The fourth-order valence-corrected chi connectivity index (χ4v) is 3.03. The van der Waals surface area contributed by atoms with Crippen molar-refractivity contribution in [2.45, 2.75) is 19.8 Å². The molecule has 0 aromatic heterocycles. The molecule has 3 unspecified atom stereocenters. The Morgan fingerprint density at radius 3 is 2.29 bits per heavy atom. The highest BCUT2D eigenvalue weighted by Crippen LogP contribution is 2.26. The van der Waals surface area contributed by atoms with Crippen molar-refractivity contribution in [1.82, 2.24) is 4.90 Å². The van der Waals surface area contributed by atoms with Crippen LogP contribution in [0.2, 0.25) is 0 Å². The fourth-order valence-electron chi connectivity index (χ4n) is 2.70. The highest BCUT2D eigenvalue weighted by molar-refractivity contribution is 7.80. The Balaban J connectivity index is 1.97. The Morgan fingerprint density at radius 1 is 1.18 bits per heavy atom. The van der Waals surface area contributed by atoms with Gasteiger partial charge in [0.15, 0.2) is 0 Å². The van der Waals surface area contributed by atoms with Crippen LogP contribution in [0.4, 0.5) is 0 Å². The lowest BCUT2D eigenvalue weighted by Gasteiger charge is -2.22. The van der Waals surface area contributed by atoms with Crippen LogP contribution in [0.15, 0.2) is 30.3 Å². The normalized spacial score (nSPS) is 27.2. The van der Waals surface area contributed by atoms with E-state index < -0.39 is 0 Å². The zero-order valence-electron chi connectivity index (χ0n) is 10.8. The number of benzene rings is 1. The Hall–Kier alpha value is -0.470. The van der Waals surface area contributed by atoms with Crippen molar-refractivity contribution in [2.24, 2.45) is 11.8 Å². The molecule has 0 saturated carbocycles. The van der Waals surface area contributed by atoms with Crippen molar-refractivity contribution < 1.29 is 0 Å². The minimum atomic E-state index is 0.567. The molecule has 94 valence electrons. The molecule has 3 atom stereocenters. The molecule has 1 aliphatic heterocycles. The Morgan fingerprint density at radius 2 is 1.76 bits per heavy atom. The minimum Gasteiger partial charge on any atom is -0.302 e. The number of hydrogen-bond acceptors (Lipinski definition) is 2. The average Bonchev–Trinajstić information content (AvgIpc) is 2.67. The quantitative estimate of drug-likeness (QED) is 0.801. The summed E-state index contributed by atoms with van der Waals surface area (Å²) >= 11 is 4.52. The van der Waals surface area contributed by atoms with Gasteiger partial charge in [0.25, 0.3) is 0 Å². The van der Waals surface area contributed by atoms with E-state index in [1.807, 2.05) is 0 Å². The predicted octanol–water partition coefficient (Wildman–Crippen LogP) is 3.29. The van der Waals surface area contributed by atoms with Crippen LogP contribution in [0.5, 0.6) is 0 Å². The summed E-state index contributed by atoms with van der Waals surface area (Å²) in [6, 6.07) is 10.8. The van der Waals surface area contributed by atoms with E-state index in [1.54, 1.807) is 0 Å². The Labute approximate surface area is 111 Å². The largest absolute Gasteiger partial charge is 0.302 e. The standard InChI is InChI=1S/C15H23NS/c1-12-8-16(9-13(12)2)10-15(11-17)14-6-4-3-5-7-14/h3-7,12-13,15,17H,8-11H2,1-2H3. The maximum atomic E-state index is 4.52. The van der Waals surface area contributed by atoms with Crippen molar-refractivity contribution in [3.8, 4) is 0 Å². The van der Waals surface area contributed by atoms with Crippen molar-refractivity contribution in [3.63, 3.8) is 0 Å². The number of rotatable bonds is 4. The van der Waals surface area contributed by atoms with Gasteiger partial charge in [0.1, 0.15) is 0 Å². The molecule has 1 fully saturated rings. The first kappa shape index (κ1) is 13.0. The van der Waals surface area contributed by atoms with Crippen LogP contribution in [0, 0.1) is 11.8 Å². The summed E-state index contributed by atoms with van der Waals surface area (Å²) in [6.45, 7) is 8.38. The maximum Gasteiger partial charge on any atom is 0.00584 e. The van der Waals surface area contributed by atoms with Gasteiger partial charge in [0.05, 0.1) is 0 Å². The van der Waals surface area contributed by atoms with Crippen LogP contribution in [0.1, 0.15) is 25.3 Å². The first-order valence-electron chi connectivity index (χ1n) is 6.59. The lowest BCUT2D eigenvalue weighted by atomic mass is 10.0. The summed E-state index contributed by atoms with van der Waals surface area (Å²) in [5.74, 6) is 3.18.